The van der Waals surface area contributed by atoms with Gasteiger partial charge in [-0.15, -0.1) is 0 Å². The SMILES string of the molecule is CC(C)Cc1nc(C2CCNC2)n[nH]1. The van der Waals surface area contributed by atoms with Gasteiger partial charge in [0, 0.05) is 18.9 Å². The van der Waals surface area contributed by atoms with Crippen LogP contribution in [-0.4, -0.2) is 28.3 Å². The summed E-state index contributed by atoms with van der Waals surface area (Å²) >= 11 is 0. The first-order valence-electron chi connectivity index (χ1n) is 5.37. The second-order valence-electron chi connectivity index (χ2n) is 4.43. The summed E-state index contributed by atoms with van der Waals surface area (Å²) in [7, 11) is 0. The largest absolute Gasteiger partial charge is 0.316 e. The smallest absolute Gasteiger partial charge is 0.155 e. The number of nitrogens with one attached hydrogen (secondary N) is 2. The number of aromatic amines is 1. The van der Waals surface area contributed by atoms with Gasteiger partial charge in [-0.05, 0) is 18.9 Å². The monoisotopic (exact) mass is 194 g/mol. The lowest BCUT2D eigenvalue weighted by Gasteiger charge is -2.01. The van der Waals surface area contributed by atoms with Crippen molar-refractivity contribution in [3.63, 3.8) is 0 Å². The Morgan fingerprint density at radius 1 is 1.50 bits per heavy atom. The molecule has 0 aromatic carbocycles. The second-order valence-corrected chi connectivity index (χ2v) is 4.43. The number of rotatable bonds is 3. The first-order chi connectivity index (χ1) is 6.75. The lowest BCUT2D eigenvalue weighted by molar-refractivity contribution is 0.621. The first kappa shape index (κ1) is 9.65. The molecule has 0 spiro atoms. The van der Waals surface area contributed by atoms with E-state index in [1.165, 1.54) is 6.42 Å². The van der Waals surface area contributed by atoms with E-state index >= 15 is 0 Å². The van der Waals surface area contributed by atoms with Crippen molar-refractivity contribution in [2.75, 3.05) is 13.1 Å². The Bertz CT molecular complexity index is 286. The molecule has 0 radical (unpaired) electrons. The van der Waals surface area contributed by atoms with E-state index in [9.17, 15) is 0 Å². The van der Waals surface area contributed by atoms with Crippen LogP contribution in [0.5, 0.6) is 0 Å². The molecule has 2 heterocycles. The van der Waals surface area contributed by atoms with Gasteiger partial charge in [-0.2, -0.15) is 5.10 Å². The van der Waals surface area contributed by atoms with Crippen LogP contribution in [-0.2, 0) is 6.42 Å². The fourth-order valence-corrected chi connectivity index (χ4v) is 1.85. The van der Waals surface area contributed by atoms with Crippen LogP contribution in [0.1, 0.15) is 37.8 Å². The topological polar surface area (TPSA) is 53.6 Å². The Hall–Kier alpha value is -0.900. The quantitative estimate of drug-likeness (QED) is 0.757. The summed E-state index contributed by atoms with van der Waals surface area (Å²) < 4.78 is 0. The summed E-state index contributed by atoms with van der Waals surface area (Å²) in [4.78, 5) is 4.53. The summed E-state index contributed by atoms with van der Waals surface area (Å²) in [6.45, 7) is 6.51. The van der Waals surface area contributed by atoms with Crippen molar-refractivity contribution in [2.24, 2.45) is 5.92 Å². The Labute approximate surface area is 84.5 Å². The average molecular weight is 194 g/mol. The van der Waals surface area contributed by atoms with Crippen molar-refractivity contribution in [2.45, 2.75) is 32.6 Å². The van der Waals surface area contributed by atoms with Gasteiger partial charge in [-0.1, -0.05) is 13.8 Å². The zero-order valence-electron chi connectivity index (χ0n) is 8.88. The fourth-order valence-electron chi connectivity index (χ4n) is 1.85. The average Bonchev–Trinajstić information content (AvgIpc) is 2.69. The highest BCUT2D eigenvalue weighted by molar-refractivity contribution is 5.01. The number of aromatic nitrogens is 3. The van der Waals surface area contributed by atoms with Gasteiger partial charge in [-0.3, -0.25) is 5.10 Å². The van der Waals surface area contributed by atoms with E-state index in [1.54, 1.807) is 0 Å². The van der Waals surface area contributed by atoms with E-state index in [1.807, 2.05) is 0 Å². The molecular formula is C10H18N4. The van der Waals surface area contributed by atoms with E-state index in [4.69, 9.17) is 0 Å². The van der Waals surface area contributed by atoms with E-state index in [0.717, 1.165) is 31.2 Å². The van der Waals surface area contributed by atoms with Gasteiger partial charge in [0.05, 0.1) is 0 Å². The van der Waals surface area contributed by atoms with Crippen LogP contribution in [0.2, 0.25) is 0 Å². The molecule has 1 saturated heterocycles. The molecule has 1 unspecified atom stereocenters. The summed E-state index contributed by atoms with van der Waals surface area (Å²) in [5.74, 6) is 3.18. The van der Waals surface area contributed by atoms with Crippen molar-refractivity contribution in [3.05, 3.63) is 11.6 Å². The molecule has 2 rings (SSSR count). The Kier molecular flexibility index (Phi) is 2.82. The predicted octanol–water partition coefficient (Wildman–Crippen LogP) is 1.08. The highest BCUT2D eigenvalue weighted by Crippen LogP contribution is 2.18. The molecule has 78 valence electrons. The maximum Gasteiger partial charge on any atom is 0.155 e. The molecule has 2 N–H and O–H groups in total. The Morgan fingerprint density at radius 3 is 3.00 bits per heavy atom. The van der Waals surface area contributed by atoms with Gasteiger partial charge in [0.25, 0.3) is 0 Å². The maximum absolute atomic E-state index is 4.53. The van der Waals surface area contributed by atoms with Crippen molar-refractivity contribution in [1.82, 2.24) is 20.5 Å². The third-order valence-corrected chi connectivity index (χ3v) is 2.58. The fraction of sp³-hybridized carbons (Fsp3) is 0.800. The van der Waals surface area contributed by atoms with Crippen molar-refractivity contribution < 1.29 is 0 Å². The minimum absolute atomic E-state index is 0.521. The third-order valence-electron chi connectivity index (χ3n) is 2.58. The minimum atomic E-state index is 0.521. The molecule has 1 aliphatic rings. The highest BCUT2D eigenvalue weighted by Gasteiger charge is 2.20. The zero-order chi connectivity index (χ0) is 9.97. The maximum atomic E-state index is 4.53. The molecule has 0 aliphatic carbocycles. The molecular weight excluding hydrogens is 176 g/mol. The molecule has 0 amide bonds. The Morgan fingerprint density at radius 2 is 2.36 bits per heavy atom. The van der Waals surface area contributed by atoms with E-state index in [0.29, 0.717) is 11.8 Å². The van der Waals surface area contributed by atoms with Gasteiger partial charge < -0.3 is 5.32 Å². The molecule has 1 aromatic rings. The van der Waals surface area contributed by atoms with Crippen molar-refractivity contribution >= 4 is 0 Å². The minimum Gasteiger partial charge on any atom is -0.316 e. The van der Waals surface area contributed by atoms with Crippen LogP contribution in [0.3, 0.4) is 0 Å². The molecule has 0 saturated carbocycles. The molecule has 1 atom stereocenters. The van der Waals surface area contributed by atoms with Gasteiger partial charge in [-0.25, -0.2) is 4.98 Å². The number of nitrogens with zero attached hydrogens (tertiary/aromatic N) is 2. The standard InChI is InChI=1S/C10H18N4/c1-7(2)5-9-12-10(14-13-9)8-3-4-11-6-8/h7-8,11H,3-6H2,1-2H3,(H,12,13,14). The van der Waals surface area contributed by atoms with Crippen LogP contribution in [0.15, 0.2) is 0 Å². The normalized spacial score (nSPS) is 22.1. The Balaban J connectivity index is 2.01. The van der Waals surface area contributed by atoms with Crippen LogP contribution >= 0.6 is 0 Å². The van der Waals surface area contributed by atoms with Crippen molar-refractivity contribution in [3.8, 4) is 0 Å². The van der Waals surface area contributed by atoms with Crippen LogP contribution in [0.4, 0.5) is 0 Å². The molecule has 1 fully saturated rings. The highest BCUT2D eigenvalue weighted by atomic mass is 15.2. The van der Waals surface area contributed by atoms with Crippen LogP contribution in [0, 0.1) is 5.92 Å². The summed E-state index contributed by atoms with van der Waals surface area (Å²) in [6.07, 6.45) is 2.16. The van der Waals surface area contributed by atoms with E-state index in [2.05, 4.69) is 34.3 Å². The molecule has 0 bridgehead atoms. The number of hydrogen-bond donors (Lipinski definition) is 2. The number of hydrogen-bond acceptors (Lipinski definition) is 3. The van der Waals surface area contributed by atoms with Crippen LogP contribution < -0.4 is 5.32 Å². The van der Waals surface area contributed by atoms with Gasteiger partial charge >= 0.3 is 0 Å². The predicted molar refractivity (Wildman–Crippen MR) is 55.2 cm³/mol. The molecule has 1 aromatic heterocycles. The third kappa shape index (κ3) is 2.12. The lowest BCUT2D eigenvalue weighted by Crippen LogP contribution is -2.08. The van der Waals surface area contributed by atoms with E-state index < -0.39 is 0 Å². The molecule has 14 heavy (non-hydrogen) atoms. The van der Waals surface area contributed by atoms with E-state index in [-0.39, 0.29) is 0 Å². The first-order valence-corrected chi connectivity index (χ1v) is 5.37. The molecule has 1 aliphatic heterocycles. The summed E-state index contributed by atoms with van der Waals surface area (Å²) in [6, 6.07) is 0. The summed E-state index contributed by atoms with van der Waals surface area (Å²) in [5.41, 5.74) is 0. The zero-order valence-corrected chi connectivity index (χ0v) is 8.88. The lowest BCUT2D eigenvalue weighted by atomic mass is 10.1. The van der Waals surface area contributed by atoms with Gasteiger partial charge in [0.2, 0.25) is 0 Å². The molecule has 4 heteroatoms. The second kappa shape index (κ2) is 4.09. The number of H-pyrrole nitrogens is 1. The molecule has 4 nitrogen and oxygen atoms in total. The van der Waals surface area contributed by atoms with Crippen LogP contribution in [0.25, 0.3) is 0 Å². The van der Waals surface area contributed by atoms with Gasteiger partial charge in [0.15, 0.2) is 5.82 Å². The van der Waals surface area contributed by atoms with Crippen molar-refractivity contribution in [1.29, 1.82) is 0 Å². The van der Waals surface area contributed by atoms with Gasteiger partial charge in [0.1, 0.15) is 5.82 Å². The summed E-state index contributed by atoms with van der Waals surface area (Å²) in [5, 5.41) is 10.6.